The van der Waals surface area contributed by atoms with E-state index in [2.05, 4.69) is 10.6 Å². The Morgan fingerprint density at radius 3 is 2.42 bits per heavy atom. The summed E-state index contributed by atoms with van der Waals surface area (Å²) in [5, 5.41) is 6.03. The van der Waals surface area contributed by atoms with Crippen LogP contribution in [0.4, 0.5) is 5.69 Å². The molecule has 1 aromatic rings. The second-order valence-electron chi connectivity index (χ2n) is 8.31. The zero-order valence-electron chi connectivity index (χ0n) is 16.5. The number of benzene rings is 1. The first-order valence-electron chi connectivity index (χ1n) is 9.59. The van der Waals surface area contributed by atoms with E-state index in [1.807, 2.05) is 58.0 Å². The van der Waals surface area contributed by atoms with E-state index in [1.54, 1.807) is 0 Å². The van der Waals surface area contributed by atoms with Crippen LogP contribution in [0.5, 0.6) is 0 Å². The zero-order valence-corrected chi connectivity index (χ0v) is 16.5. The van der Waals surface area contributed by atoms with Gasteiger partial charge in [-0.1, -0.05) is 18.2 Å². The molecule has 6 nitrogen and oxygen atoms in total. The van der Waals surface area contributed by atoms with Crippen LogP contribution in [0.2, 0.25) is 0 Å². The summed E-state index contributed by atoms with van der Waals surface area (Å²) in [6.07, 6.45) is 1.02. The third-order valence-corrected chi connectivity index (χ3v) is 4.80. The number of anilines is 1. The van der Waals surface area contributed by atoms with Crippen LogP contribution < -0.4 is 20.4 Å². The number of amides is 2. The van der Waals surface area contributed by atoms with Crippen LogP contribution in [-0.4, -0.2) is 56.1 Å². The summed E-state index contributed by atoms with van der Waals surface area (Å²) in [5.41, 5.74) is 0.647. The Kier molecular flexibility index (Phi) is 7.17. The number of hydrogen-bond acceptors (Lipinski definition) is 2. The van der Waals surface area contributed by atoms with Gasteiger partial charge in [0.2, 0.25) is 0 Å². The van der Waals surface area contributed by atoms with Crippen molar-refractivity contribution in [1.82, 2.24) is 5.32 Å². The van der Waals surface area contributed by atoms with E-state index in [0.717, 1.165) is 38.3 Å². The normalized spacial score (nSPS) is 22.2. The minimum atomic E-state index is -0.191. The average Bonchev–Trinajstić information content (AvgIpc) is 2.79. The van der Waals surface area contributed by atoms with E-state index in [9.17, 15) is 9.59 Å². The van der Waals surface area contributed by atoms with E-state index >= 15 is 0 Å². The van der Waals surface area contributed by atoms with Crippen molar-refractivity contribution in [2.45, 2.75) is 45.7 Å². The van der Waals surface area contributed by atoms with Crippen LogP contribution in [0.25, 0.3) is 0 Å². The highest BCUT2D eigenvalue weighted by molar-refractivity contribution is 5.93. The molecule has 0 bridgehead atoms. The van der Waals surface area contributed by atoms with Crippen molar-refractivity contribution in [2.24, 2.45) is 0 Å². The van der Waals surface area contributed by atoms with E-state index in [1.165, 1.54) is 9.80 Å². The Morgan fingerprint density at radius 1 is 1.08 bits per heavy atom. The quantitative estimate of drug-likeness (QED) is 0.549. The van der Waals surface area contributed by atoms with Crippen LogP contribution in [0.1, 0.15) is 34.1 Å². The van der Waals surface area contributed by atoms with Gasteiger partial charge in [0.15, 0.2) is 12.6 Å². The maximum absolute atomic E-state index is 12.5. The topological polar surface area (TPSA) is 67.1 Å². The van der Waals surface area contributed by atoms with Crippen molar-refractivity contribution in [3.05, 3.63) is 30.3 Å². The first-order chi connectivity index (χ1) is 12.2. The maximum Gasteiger partial charge on any atom is 0.282 e. The smallest absolute Gasteiger partial charge is 0.282 e. The van der Waals surface area contributed by atoms with Crippen LogP contribution >= 0.6 is 0 Å². The Balaban J connectivity index is 1.83. The molecule has 2 rings (SSSR count). The third-order valence-electron chi connectivity index (χ3n) is 4.80. The molecule has 0 radical (unpaired) electrons. The van der Waals surface area contributed by atoms with Crippen molar-refractivity contribution >= 4 is 17.5 Å². The zero-order chi connectivity index (χ0) is 19.2. The number of carbonyl (C=O) groups excluding carboxylic acids is 2. The molecule has 1 aliphatic heterocycles. The van der Waals surface area contributed by atoms with Crippen LogP contribution in [0.15, 0.2) is 30.3 Å². The predicted molar refractivity (Wildman–Crippen MR) is 103 cm³/mol. The second-order valence-corrected chi connectivity index (χ2v) is 8.31. The van der Waals surface area contributed by atoms with Crippen molar-refractivity contribution in [1.29, 1.82) is 0 Å². The van der Waals surface area contributed by atoms with Gasteiger partial charge in [-0.3, -0.25) is 9.59 Å². The third kappa shape index (κ3) is 6.77. The van der Waals surface area contributed by atoms with Crippen molar-refractivity contribution in [3.8, 4) is 0 Å². The van der Waals surface area contributed by atoms with Crippen LogP contribution in [0.3, 0.4) is 0 Å². The molecule has 1 saturated heterocycles. The summed E-state index contributed by atoms with van der Waals surface area (Å²) in [7, 11) is 0. The second kappa shape index (κ2) is 9.14. The molecule has 2 amide bonds. The van der Waals surface area contributed by atoms with Crippen molar-refractivity contribution in [2.75, 3.05) is 38.0 Å². The highest BCUT2D eigenvalue weighted by Gasteiger charge is 2.30. The van der Waals surface area contributed by atoms with Gasteiger partial charge in [-0.2, -0.15) is 0 Å². The summed E-state index contributed by atoms with van der Waals surface area (Å²) < 4.78 is 0. The first kappa shape index (κ1) is 20.4. The van der Waals surface area contributed by atoms with Gasteiger partial charge in [0.05, 0.1) is 13.1 Å². The summed E-state index contributed by atoms with van der Waals surface area (Å²) >= 11 is 0. The first-order valence-corrected chi connectivity index (χ1v) is 9.59. The van der Waals surface area contributed by atoms with Crippen molar-refractivity contribution in [3.63, 3.8) is 0 Å². The molecule has 0 aliphatic carbocycles. The monoisotopic (exact) mass is 362 g/mol. The standard InChI is InChI=1S/C20H32N4O2/c1-16(19(26)21-17-9-6-5-7-10-17)24-12-8-11-23(13-14-24)15-18(25)22-20(2,3)4/h5-7,9-10,16H,8,11-15H2,1-4H3,(H,21,26)(H,22,25)/p+2/t16-/m0/s1. The molecule has 0 aromatic heterocycles. The summed E-state index contributed by atoms with van der Waals surface area (Å²) in [4.78, 5) is 27.3. The lowest BCUT2D eigenvalue weighted by Gasteiger charge is -2.24. The molecule has 6 heteroatoms. The lowest BCUT2D eigenvalue weighted by atomic mass is 10.1. The predicted octanol–water partition coefficient (Wildman–Crippen LogP) is -0.898. The largest absolute Gasteiger partial charge is 0.347 e. The molecule has 4 N–H and O–H groups in total. The molecule has 1 heterocycles. The highest BCUT2D eigenvalue weighted by Crippen LogP contribution is 2.04. The molecule has 0 saturated carbocycles. The van der Waals surface area contributed by atoms with Gasteiger partial charge < -0.3 is 20.4 Å². The number of quaternary nitrogens is 2. The minimum Gasteiger partial charge on any atom is -0.347 e. The summed E-state index contributed by atoms with van der Waals surface area (Å²) in [6, 6.07) is 9.49. The Labute approximate surface area is 156 Å². The van der Waals surface area contributed by atoms with Gasteiger partial charge in [-0.05, 0) is 39.8 Å². The summed E-state index contributed by atoms with van der Waals surface area (Å²) in [5.74, 6) is 0.158. The molecule has 1 aliphatic rings. The van der Waals surface area contributed by atoms with Gasteiger partial charge in [-0.25, -0.2) is 0 Å². The van der Waals surface area contributed by atoms with Gasteiger partial charge in [0.1, 0.15) is 13.1 Å². The van der Waals surface area contributed by atoms with Gasteiger partial charge in [-0.15, -0.1) is 0 Å². The number of nitrogens with one attached hydrogen (secondary N) is 4. The molecular weight excluding hydrogens is 328 g/mol. The van der Waals surface area contributed by atoms with Gasteiger partial charge in [0.25, 0.3) is 11.8 Å². The number of para-hydroxylation sites is 1. The van der Waals surface area contributed by atoms with E-state index < -0.39 is 0 Å². The fraction of sp³-hybridized carbons (Fsp3) is 0.600. The maximum atomic E-state index is 12.5. The molecular formula is C20H34N4O2+2. The molecule has 2 unspecified atom stereocenters. The van der Waals surface area contributed by atoms with E-state index in [4.69, 9.17) is 0 Å². The highest BCUT2D eigenvalue weighted by atomic mass is 16.2. The summed E-state index contributed by atoms with van der Waals surface area (Å²) in [6.45, 7) is 12.3. The lowest BCUT2D eigenvalue weighted by Crippen LogP contribution is -3.20. The lowest BCUT2D eigenvalue weighted by molar-refractivity contribution is -0.942. The van der Waals surface area contributed by atoms with E-state index in [-0.39, 0.29) is 23.4 Å². The average molecular weight is 363 g/mol. The van der Waals surface area contributed by atoms with E-state index in [0.29, 0.717) is 6.54 Å². The Morgan fingerprint density at radius 2 is 1.77 bits per heavy atom. The van der Waals surface area contributed by atoms with Gasteiger partial charge >= 0.3 is 0 Å². The SMILES string of the molecule is C[C@@H](C(=O)Nc1ccccc1)[NH+]1CCC[NH+](CC(=O)NC(C)(C)C)CC1. The van der Waals surface area contributed by atoms with Crippen molar-refractivity contribution < 1.29 is 19.4 Å². The van der Waals surface area contributed by atoms with Gasteiger partial charge in [0, 0.05) is 17.6 Å². The molecule has 26 heavy (non-hydrogen) atoms. The molecule has 144 valence electrons. The molecule has 3 atom stereocenters. The fourth-order valence-electron chi connectivity index (χ4n) is 3.41. The number of carbonyl (C=O) groups is 2. The Hall–Kier alpha value is -1.92. The van der Waals surface area contributed by atoms with Crippen LogP contribution in [0, 0.1) is 0 Å². The number of hydrogen-bond donors (Lipinski definition) is 4. The van der Waals surface area contributed by atoms with Crippen LogP contribution in [-0.2, 0) is 9.59 Å². The molecule has 1 aromatic carbocycles. The number of rotatable bonds is 5. The Bertz CT molecular complexity index is 598. The fourth-order valence-corrected chi connectivity index (χ4v) is 3.41. The minimum absolute atomic E-state index is 0.0557. The molecule has 0 spiro atoms. The molecule has 1 fully saturated rings.